The Hall–Kier alpha value is -1.97. The number of alkyl halides is 3. The molecule has 1 nitrogen and oxygen atoms in total. The van der Waals surface area contributed by atoms with Crippen molar-refractivity contribution in [3.8, 4) is 5.75 Å². The fraction of sp³-hybridized carbons (Fsp3) is 0.478. The van der Waals surface area contributed by atoms with Gasteiger partial charge in [-0.25, -0.2) is 0 Å². The van der Waals surface area contributed by atoms with E-state index in [9.17, 15) is 13.2 Å². The van der Waals surface area contributed by atoms with Crippen molar-refractivity contribution in [1.82, 2.24) is 0 Å². The molecule has 0 fully saturated rings. The SMILES string of the molecule is COc1cccc(CC(C)(C)Cc2cc(CC(C)C)cc(C(F)(F)F)c2)c1. The van der Waals surface area contributed by atoms with Gasteiger partial charge in [-0.15, -0.1) is 0 Å². The first-order chi connectivity index (χ1) is 12.5. The minimum atomic E-state index is -4.32. The molecule has 0 heterocycles. The average Bonchev–Trinajstić information content (AvgIpc) is 2.52. The van der Waals surface area contributed by atoms with Crippen LogP contribution in [0.2, 0.25) is 0 Å². The standard InChI is InChI=1S/C23H29F3O/c1-16(2)9-18-10-19(12-20(11-18)23(24,25)26)15-22(3,4)14-17-7-6-8-21(13-17)27-5/h6-8,10-13,16H,9,14-15H2,1-5H3. The molecule has 2 aromatic carbocycles. The highest BCUT2D eigenvalue weighted by Crippen LogP contribution is 2.34. The Morgan fingerprint density at radius 3 is 2.11 bits per heavy atom. The fourth-order valence-electron chi connectivity index (χ4n) is 3.57. The Morgan fingerprint density at radius 2 is 1.52 bits per heavy atom. The summed E-state index contributed by atoms with van der Waals surface area (Å²) in [7, 11) is 1.63. The lowest BCUT2D eigenvalue weighted by molar-refractivity contribution is -0.137. The summed E-state index contributed by atoms with van der Waals surface area (Å²) >= 11 is 0. The summed E-state index contributed by atoms with van der Waals surface area (Å²) in [5.41, 5.74) is 1.90. The van der Waals surface area contributed by atoms with Gasteiger partial charge in [-0.3, -0.25) is 0 Å². The van der Waals surface area contributed by atoms with Gasteiger partial charge in [0.15, 0.2) is 0 Å². The normalized spacial score (nSPS) is 12.5. The van der Waals surface area contributed by atoms with Crippen LogP contribution in [-0.2, 0) is 25.4 Å². The number of hydrogen-bond donors (Lipinski definition) is 0. The quantitative estimate of drug-likeness (QED) is 0.519. The third-order valence-electron chi connectivity index (χ3n) is 4.52. The third-order valence-corrected chi connectivity index (χ3v) is 4.52. The van der Waals surface area contributed by atoms with Crippen LogP contribution in [-0.4, -0.2) is 7.11 Å². The van der Waals surface area contributed by atoms with Crippen molar-refractivity contribution in [2.24, 2.45) is 11.3 Å². The van der Waals surface area contributed by atoms with Crippen LogP contribution in [0.4, 0.5) is 13.2 Å². The van der Waals surface area contributed by atoms with Crippen molar-refractivity contribution in [2.45, 2.75) is 53.1 Å². The van der Waals surface area contributed by atoms with E-state index in [0.29, 0.717) is 18.8 Å². The molecule has 0 amide bonds. The van der Waals surface area contributed by atoms with Crippen LogP contribution in [0, 0.1) is 11.3 Å². The van der Waals surface area contributed by atoms with E-state index in [-0.39, 0.29) is 5.41 Å². The maximum Gasteiger partial charge on any atom is 0.416 e. The van der Waals surface area contributed by atoms with E-state index in [2.05, 4.69) is 13.8 Å². The molecular weight excluding hydrogens is 349 g/mol. The molecule has 0 radical (unpaired) electrons. The van der Waals surface area contributed by atoms with Gasteiger partial charge in [-0.05, 0) is 71.6 Å². The molecule has 0 saturated carbocycles. The molecule has 2 rings (SSSR count). The summed E-state index contributed by atoms with van der Waals surface area (Å²) in [6.45, 7) is 8.23. The van der Waals surface area contributed by atoms with E-state index in [1.165, 1.54) is 12.1 Å². The van der Waals surface area contributed by atoms with Gasteiger partial charge >= 0.3 is 6.18 Å². The van der Waals surface area contributed by atoms with E-state index < -0.39 is 11.7 Å². The molecule has 4 heteroatoms. The maximum absolute atomic E-state index is 13.3. The van der Waals surface area contributed by atoms with Crippen LogP contribution >= 0.6 is 0 Å². The molecule has 0 aliphatic carbocycles. The first kappa shape index (κ1) is 21.3. The Balaban J connectivity index is 2.27. The number of halogens is 3. The zero-order valence-electron chi connectivity index (χ0n) is 16.8. The van der Waals surface area contributed by atoms with Gasteiger partial charge in [0, 0.05) is 0 Å². The number of ether oxygens (including phenoxy) is 1. The predicted molar refractivity (Wildman–Crippen MR) is 104 cm³/mol. The highest BCUT2D eigenvalue weighted by molar-refractivity contribution is 5.34. The number of hydrogen-bond acceptors (Lipinski definition) is 1. The second-order valence-electron chi connectivity index (χ2n) is 8.50. The van der Waals surface area contributed by atoms with Gasteiger partial charge in [0.1, 0.15) is 5.75 Å². The van der Waals surface area contributed by atoms with Crippen molar-refractivity contribution in [3.63, 3.8) is 0 Å². The number of methoxy groups -OCH3 is 1. The molecule has 0 unspecified atom stereocenters. The van der Waals surface area contributed by atoms with Crippen molar-refractivity contribution in [2.75, 3.05) is 7.11 Å². The zero-order chi connectivity index (χ0) is 20.2. The average molecular weight is 378 g/mol. The number of benzene rings is 2. The minimum absolute atomic E-state index is 0.175. The minimum Gasteiger partial charge on any atom is -0.497 e. The Morgan fingerprint density at radius 1 is 0.889 bits per heavy atom. The Kier molecular flexibility index (Phi) is 6.61. The molecule has 148 valence electrons. The van der Waals surface area contributed by atoms with Crippen LogP contribution in [0.5, 0.6) is 5.75 Å². The smallest absolute Gasteiger partial charge is 0.416 e. The Bertz CT molecular complexity index is 760. The largest absolute Gasteiger partial charge is 0.497 e. The van der Waals surface area contributed by atoms with Gasteiger partial charge in [-0.1, -0.05) is 45.9 Å². The lowest BCUT2D eigenvalue weighted by Gasteiger charge is -2.26. The predicted octanol–water partition coefficient (Wildman–Crippen LogP) is 6.72. The van der Waals surface area contributed by atoms with Crippen LogP contribution in [0.25, 0.3) is 0 Å². The highest BCUT2D eigenvalue weighted by atomic mass is 19.4. The second kappa shape index (κ2) is 8.37. The molecule has 0 bridgehead atoms. The molecule has 0 atom stereocenters. The summed E-state index contributed by atoms with van der Waals surface area (Å²) in [4.78, 5) is 0. The molecule has 27 heavy (non-hydrogen) atoms. The summed E-state index contributed by atoms with van der Waals surface area (Å²) in [6, 6.07) is 12.4. The van der Waals surface area contributed by atoms with Crippen molar-refractivity contribution in [1.29, 1.82) is 0 Å². The lowest BCUT2D eigenvalue weighted by atomic mass is 9.79. The molecule has 0 aliphatic heterocycles. The van der Waals surface area contributed by atoms with E-state index in [4.69, 9.17) is 4.74 Å². The van der Waals surface area contributed by atoms with E-state index in [0.717, 1.165) is 28.9 Å². The summed E-state index contributed by atoms with van der Waals surface area (Å²) in [5.74, 6) is 1.10. The first-order valence-electron chi connectivity index (χ1n) is 9.31. The summed E-state index contributed by atoms with van der Waals surface area (Å²) in [6.07, 6.45) is -2.33. The van der Waals surface area contributed by atoms with E-state index in [1.54, 1.807) is 7.11 Å². The van der Waals surface area contributed by atoms with Crippen molar-refractivity contribution >= 4 is 0 Å². The van der Waals surface area contributed by atoms with Crippen LogP contribution in [0.15, 0.2) is 42.5 Å². The maximum atomic E-state index is 13.3. The molecular formula is C23H29F3O. The summed E-state index contributed by atoms with van der Waals surface area (Å²) in [5, 5.41) is 0. The van der Waals surface area contributed by atoms with Crippen LogP contribution in [0.1, 0.15) is 49.9 Å². The summed E-state index contributed by atoms with van der Waals surface area (Å²) < 4.78 is 45.3. The second-order valence-corrected chi connectivity index (χ2v) is 8.50. The van der Waals surface area contributed by atoms with Gasteiger partial charge in [0.05, 0.1) is 12.7 Å². The monoisotopic (exact) mass is 378 g/mol. The molecule has 2 aromatic rings. The van der Waals surface area contributed by atoms with E-state index in [1.807, 2.05) is 44.2 Å². The van der Waals surface area contributed by atoms with Gasteiger partial charge < -0.3 is 4.74 Å². The number of rotatable bonds is 7. The lowest BCUT2D eigenvalue weighted by Crippen LogP contribution is -2.19. The molecule has 0 N–H and O–H groups in total. The Labute approximate surface area is 160 Å². The molecule has 0 aromatic heterocycles. The van der Waals surface area contributed by atoms with Crippen molar-refractivity contribution in [3.05, 3.63) is 64.7 Å². The van der Waals surface area contributed by atoms with Gasteiger partial charge in [0.25, 0.3) is 0 Å². The molecule has 0 spiro atoms. The molecule has 0 saturated heterocycles. The topological polar surface area (TPSA) is 9.23 Å². The highest BCUT2D eigenvalue weighted by Gasteiger charge is 2.32. The van der Waals surface area contributed by atoms with E-state index >= 15 is 0 Å². The first-order valence-corrected chi connectivity index (χ1v) is 9.31. The zero-order valence-corrected chi connectivity index (χ0v) is 16.8. The van der Waals surface area contributed by atoms with Crippen LogP contribution < -0.4 is 4.74 Å². The fourth-order valence-corrected chi connectivity index (χ4v) is 3.57. The van der Waals surface area contributed by atoms with Crippen LogP contribution in [0.3, 0.4) is 0 Å². The van der Waals surface area contributed by atoms with Gasteiger partial charge in [-0.2, -0.15) is 13.2 Å². The van der Waals surface area contributed by atoms with Crippen molar-refractivity contribution < 1.29 is 17.9 Å². The third kappa shape index (κ3) is 6.60. The van der Waals surface area contributed by atoms with Gasteiger partial charge in [0.2, 0.25) is 0 Å². The molecule has 0 aliphatic rings.